The van der Waals surface area contributed by atoms with Gasteiger partial charge in [-0.25, -0.2) is 0 Å². The van der Waals surface area contributed by atoms with Gasteiger partial charge in [-0.15, -0.1) is 0 Å². The van der Waals surface area contributed by atoms with Crippen LogP contribution in [0.1, 0.15) is 18.1 Å². The summed E-state index contributed by atoms with van der Waals surface area (Å²) in [7, 11) is 0. The molecule has 1 aromatic rings. The van der Waals surface area contributed by atoms with Crippen LogP contribution in [0.3, 0.4) is 0 Å². The summed E-state index contributed by atoms with van der Waals surface area (Å²) >= 11 is 0. The van der Waals surface area contributed by atoms with Crippen LogP contribution in [-0.2, 0) is 9.53 Å². The van der Waals surface area contributed by atoms with Crippen LogP contribution in [0.4, 0.5) is 0 Å². The largest absolute Gasteiger partial charge is 0.456 e. The summed E-state index contributed by atoms with van der Waals surface area (Å²) in [6.45, 7) is 1.62. The highest BCUT2D eigenvalue weighted by Gasteiger charge is 2.59. The smallest absolute Gasteiger partial charge is 0.318 e. The third-order valence-electron chi connectivity index (χ3n) is 3.31. The molecule has 2 fully saturated rings. The van der Waals surface area contributed by atoms with Crippen LogP contribution in [-0.4, -0.2) is 24.0 Å². The third-order valence-corrected chi connectivity index (χ3v) is 3.31. The van der Waals surface area contributed by atoms with Crippen molar-refractivity contribution in [1.29, 1.82) is 0 Å². The fourth-order valence-electron chi connectivity index (χ4n) is 2.41. The first-order valence-electron chi connectivity index (χ1n) is 5.15. The Morgan fingerprint density at radius 1 is 1.60 bits per heavy atom. The zero-order valence-corrected chi connectivity index (χ0v) is 8.27. The second kappa shape index (κ2) is 3.03. The number of hydrogen-bond acceptors (Lipinski definition) is 4. The molecule has 3 rings (SSSR count). The van der Waals surface area contributed by atoms with E-state index >= 15 is 0 Å². The monoisotopic (exact) mass is 204 g/mol. The number of hydrogen-bond donors (Lipinski definition) is 1. The molecule has 0 aliphatic carbocycles. The van der Waals surface area contributed by atoms with Gasteiger partial charge in [0.25, 0.3) is 0 Å². The Morgan fingerprint density at radius 3 is 3.13 bits per heavy atom. The molecule has 4 heteroatoms. The number of ether oxygens (including phenoxy) is 1. The summed E-state index contributed by atoms with van der Waals surface area (Å²) in [6, 6.07) is 3.84. The molecule has 2 aliphatic heterocycles. The molecule has 1 spiro atoms. The lowest BCUT2D eigenvalue weighted by Gasteiger charge is -2.43. The minimum absolute atomic E-state index is 0.0682. The number of pyridine rings is 1. The number of cyclic esters (lactones) is 1. The SMILES string of the molecule is O=C1OC(c2cccnc2)C12CCNC2. The highest BCUT2D eigenvalue weighted by molar-refractivity contribution is 5.84. The predicted octanol–water partition coefficient (Wildman–Crippen LogP) is 0.659. The van der Waals surface area contributed by atoms with Crippen molar-refractivity contribution in [2.75, 3.05) is 13.1 Å². The second-order valence-corrected chi connectivity index (χ2v) is 4.15. The van der Waals surface area contributed by atoms with Crippen LogP contribution in [0, 0.1) is 5.41 Å². The lowest BCUT2D eigenvalue weighted by Crippen LogP contribution is -2.52. The van der Waals surface area contributed by atoms with E-state index in [0.717, 1.165) is 25.1 Å². The zero-order valence-electron chi connectivity index (χ0n) is 8.27. The van der Waals surface area contributed by atoms with Gasteiger partial charge >= 0.3 is 5.97 Å². The predicted molar refractivity (Wildman–Crippen MR) is 53.0 cm³/mol. The van der Waals surface area contributed by atoms with Crippen molar-refractivity contribution in [3.8, 4) is 0 Å². The molecule has 0 aromatic carbocycles. The minimum atomic E-state index is -0.316. The lowest BCUT2D eigenvalue weighted by molar-refractivity contribution is -0.205. The van der Waals surface area contributed by atoms with Crippen LogP contribution in [0.5, 0.6) is 0 Å². The molecule has 3 heterocycles. The molecule has 2 saturated heterocycles. The van der Waals surface area contributed by atoms with Crippen LogP contribution in [0.2, 0.25) is 0 Å². The molecule has 78 valence electrons. The molecule has 1 N–H and O–H groups in total. The van der Waals surface area contributed by atoms with Crippen molar-refractivity contribution in [3.05, 3.63) is 30.1 Å². The van der Waals surface area contributed by atoms with Gasteiger partial charge in [0.15, 0.2) is 0 Å². The highest BCUT2D eigenvalue weighted by Crippen LogP contribution is 2.51. The van der Waals surface area contributed by atoms with Crippen molar-refractivity contribution in [2.45, 2.75) is 12.5 Å². The Kier molecular flexibility index (Phi) is 1.79. The molecular formula is C11H12N2O2. The number of carbonyl (C=O) groups is 1. The Morgan fingerprint density at radius 2 is 2.53 bits per heavy atom. The van der Waals surface area contributed by atoms with Gasteiger partial charge in [0.2, 0.25) is 0 Å². The van der Waals surface area contributed by atoms with E-state index in [0.29, 0.717) is 0 Å². The third kappa shape index (κ3) is 1.11. The molecule has 1 aromatic heterocycles. The summed E-state index contributed by atoms with van der Waals surface area (Å²) in [5.41, 5.74) is 0.684. The van der Waals surface area contributed by atoms with Crippen molar-refractivity contribution >= 4 is 5.97 Å². The Hall–Kier alpha value is -1.42. The molecule has 2 unspecified atom stereocenters. The van der Waals surface area contributed by atoms with Crippen molar-refractivity contribution in [2.24, 2.45) is 5.41 Å². The van der Waals surface area contributed by atoms with E-state index in [9.17, 15) is 4.79 Å². The maximum atomic E-state index is 11.6. The van der Waals surface area contributed by atoms with Gasteiger partial charge in [0.1, 0.15) is 11.5 Å². The molecule has 4 nitrogen and oxygen atoms in total. The Labute approximate surface area is 87.7 Å². The topological polar surface area (TPSA) is 51.2 Å². The molecule has 0 amide bonds. The summed E-state index contributed by atoms with van der Waals surface area (Å²) in [5, 5.41) is 3.22. The van der Waals surface area contributed by atoms with E-state index in [1.165, 1.54) is 0 Å². The minimum Gasteiger partial charge on any atom is -0.456 e. The standard InChI is InChI=1S/C11H12N2O2/c14-10-11(3-5-13-7-11)9(15-10)8-2-1-4-12-6-8/h1-2,4,6,9,13H,3,5,7H2. The normalized spacial score (nSPS) is 33.9. The average molecular weight is 204 g/mol. The van der Waals surface area contributed by atoms with E-state index in [1.54, 1.807) is 12.4 Å². The molecule has 15 heavy (non-hydrogen) atoms. The van der Waals surface area contributed by atoms with Gasteiger partial charge in [-0.05, 0) is 19.0 Å². The van der Waals surface area contributed by atoms with Gasteiger partial charge in [-0.1, -0.05) is 6.07 Å². The summed E-state index contributed by atoms with van der Waals surface area (Å²) in [4.78, 5) is 15.6. The highest BCUT2D eigenvalue weighted by atomic mass is 16.6. The number of esters is 1. The number of aromatic nitrogens is 1. The van der Waals surface area contributed by atoms with Crippen molar-refractivity contribution < 1.29 is 9.53 Å². The quantitative estimate of drug-likeness (QED) is 0.683. The van der Waals surface area contributed by atoms with Gasteiger partial charge in [-0.2, -0.15) is 0 Å². The number of carbonyl (C=O) groups excluding carboxylic acids is 1. The molecule has 0 saturated carbocycles. The van der Waals surface area contributed by atoms with E-state index in [2.05, 4.69) is 10.3 Å². The number of nitrogens with zero attached hydrogens (tertiary/aromatic N) is 1. The van der Waals surface area contributed by atoms with Crippen molar-refractivity contribution in [3.63, 3.8) is 0 Å². The first-order valence-corrected chi connectivity index (χ1v) is 5.15. The fraction of sp³-hybridized carbons (Fsp3) is 0.455. The first-order chi connectivity index (χ1) is 7.33. The maximum Gasteiger partial charge on any atom is 0.318 e. The summed E-state index contributed by atoms with van der Waals surface area (Å²) in [6.07, 6.45) is 4.26. The van der Waals surface area contributed by atoms with Gasteiger partial charge in [-0.3, -0.25) is 9.78 Å². The van der Waals surface area contributed by atoms with Crippen molar-refractivity contribution in [1.82, 2.24) is 10.3 Å². The fourth-order valence-corrected chi connectivity index (χ4v) is 2.41. The molecular weight excluding hydrogens is 192 g/mol. The molecule has 0 bridgehead atoms. The van der Waals surface area contributed by atoms with Gasteiger partial charge in [0, 0.05) is 24.5 Å². The van der Waals surface area contributed by atoms with Crippen LogP contribution in [0.15, 0.2) is 24.5 Å². The van der Waals surface area contributed by atoms with Crippen LogP contribution in [0.25, 0.3) is 0 Å². The first kappa shape index (κ1) is 8.85. The maximum absolute atomic E-state index is 11.6. The van der Waals surface area contributed by atoms with Crippen LogP contribution >= 0.6 is 0 Å². The molecule has 2 atom stereocenters. The number of nitrogens with one attached hydrogen (secondary N) is 1. The van der Waals surface area contributed by atoms with E-state index in [1.807, 2.05) is 12.1 Å². The van der Waals surface area contributed by atoms with E-state index in [-0.39, 0.29) is 17.5 Å². The Bertz CT molecular complexity index is 385. The van der Waals surface area contributed by atoms with Gasteiger partial charge < -0.3 is 10.1 Å². The number of rotatable bonds is 1. The van der Waals surface area contributed by atoms with E-state index < -0.39 is 0 Å². The van der Waals surface area contributed by atoms with Crippen LogP contribution < -0.4 is 5.32 Å². The summed E-state index contributed by atoms with van der Waals surface area (Å²) < 4.78 is 5.24. The average Bonchev–Trinajstić information content (AvgIpc) is 2.79. The second-order valence-electron chi connectivity index (χ2n) is 4.15. The molecule has 0 radical (unpaired) electrons. The van der Waals surface area contributed by atoms with Gasteiger partial charge in [0.05, 0.1) is 0 Å². The summed E-state index contributed by atoms with van der Waals surface area (Å²) in [5.74, 6) is -0.0682. The van der Waals surface area contributed by atoms with E-state index in [4.69, 9.17) is 4.74 Å². The zero-order chi connectivity index (χ0) is 10.3. The lowest BCUT2D eigenvalue weighted by atomic mass is 9.74. The molecule has 2 aliphatic rings. The Balaban J connectivity index is 1.93.